The maximum Gasteiger partial charge on any atom is 0.217 e. The van der Waals surface area contributed by atoms with Crippen LogP contribution in [0.1, 0.15) is 34.1 Å². The molecule has 1 unspecified atom stereocenters. The minimum absolute atomic E-state index is 0.363. The van der Waals surface area contributed by atoms with Gasteiger partial charge in [0.2, 0.25) is 10.0 Å². The van der Waals surface area contributed by atoms with Gasteiger partial charge in [0.25, 0.3) is 0 Å². The molecule has 0 radical (unpaired) electrons. The van der Waals surface area contributed by atoms with Crippen molar-refractivity contribution in [3.8, 4) is 0 Å². The van der Waals surface area contributed by atoms with Gasteiger partial charge in [0.1, 0.15) is 5.25 Å². The number of ether oxygens (including phenoxy) is 1. The molecule has 1 aliphatic heterocycles. The van der Waals surface area contributed by atoms with Crippen molar-refractivity contribution in [2.75, 3.05) is 7.05 Å². The molecule has 0 amide bonds. The lowest BCUT2D eigenvalue weighted by Crippen LogP contribution is -2.43. The first-order valence-electron chi connectivity index (χ1n) is 4.73. The van der Waals surface area contributed by atoms with Gasteiger partial charge in [0, 0.05) is 0 Å². The largest absolute Gasteiger partial charge is 0.368 e. The monoisotopic (exact) mass is 221 g/mol. The Balaban J connectivity index is 3.03. The molecule has 1 N–H and O–H groups in total. The van der Waals surface area contributed by atoms with Crippen LogP contribution in [0.3, 0.4) is 0 Å². The molecule has 84 valence electrons. The number of hydrogen-bond acceptors (Lipinski definition) is 3. The van der Waals surface area contributed by atoms with Gasteiger partial charge in [-0.25, -0.2) is 13.1 Å². The summed E-state index contributed by atoms with van der Waals surface area (Å²) in [4.78, 5) is 0. The Labute approximate surface area is 86.1 Å². The molecule has 0 aliphatic carbocycles. The Kier molecular flexibility index (Phi) is 2.71. The predicted molar refractivity (Wildman–Crippen MR) is 55.6 cm³/mol. The van der Waals surface area contributed by atoms with Gasteiger partial charge in [-0.05, 0) is 41.2 Å². The molecule has 0 bridgehead atoms. The third kappa shape index (κ3) is 2.10. The van der Waals surface area contributed by atoms with Gasteiger partial charge in [-0.2, -0.15) is 0 Å². The molecule has 5 heteroatoms. The van der Waals surface area contributed by atoms with Crippen LogP contribution < -0.4 is 4.72 Å². The Morgan fingerprint density at radius 1 is 1.29 bits per heavy atom. The molecule has 0 aromatic rings. The molecule has 14 heavy (non-hydrogen) atoms. The fourth-order valence-corrected chi connectivity index (χ4v) is 3.84. The SMILES string of the molecule is CNS(=O)(=O)C1CC(C)(C)OC1(C)C. The highest BCUT2D eigenvalue weighted by molar-refractivity contribution is 7.90. The molecule has 0 spiro atoms. The van der Waals surface area contributed by atoms with E-state index in [4.69, 9.17) is 4.74 Å². The number of hydrogen-bond donors (Lipinski definition) is 1. The summed E-state index contributed by atoms with van der Waals surface area (Å²) in [7, 11) is -1.81. The van der Waals surface area contributed by atoms with Crippen LogP contribution in [-0.4, -0.2) is 31.9 Å². The predicted octanol–water partition coefficient (Wildman–Crippen LogP) is 0.882. The molecule has 4 nitrogen and oxygen atoms in total. The molecule has 0 saturated carbocycles. The molecule has 1 aliphatic rings. The third-order valence-corrected chi connectivity index (χ3v) is 4.70. The van der Waals surface area contributed by atoms with Crippen LogP contribution in [0.4, 0.5) is 0 Å². The van der Waals surface area contributed by atoms with E-state index in [9.17, 15) is 8.42 Å². The highest BCUT2D eigenvalue weighted by atomic mass is 32.2. The van der Waals surface area contributed by atoms with Gasteiger partial charge in [0.05, 0.1) is 11.2 Å². The average Bonchev–Trinajstić information content (AvgIpc) is 2.19. The zero-order valence-electron chi connectivity index (χ0n) is 9.42. The first-order valence-corrected chi connectivity index (χ1v) is 6.28. The van der Waals surface area contributed by atoms with Gasteiger partial charge < -0.3 is 4.74 Å². The molecule has 1 saturated heterocycles. The van der Waals surface area contributed by atoms with Crippen LogP contribution in [-0.2, 0) is 14.8 Å². The van der Waals surface area contributed by atoms with Crippen molar-refractivity contribution in [2.45, 2.75) is 50.6 Å². The van der Waals surface area contributed by atoms with Crippen molar-refractivity contribution in [2.24, 2.45) is 0 Å². The quantitative estimate of drug-likeness (QED) is 0.753. The molecule has 0 aromatic carbocycles. The lowest BCUT2D eigenvalue weighted by atomic mass is 10.0. The van der Waals surface area contributed by atoms with Crippen LogP contribution in [0.2, 0.25) is 0 Å². The van der Waals surface area contributed by atoms with Gasteiger partial charge in [0.15, 0.2) is 0 Å². The fraction of sp³-hybridized carbons (Fsp3) is 1.00. The minimum Gasteiger partial charge on any atom is -0.368 e. The number of nitrogens with one attached hydrogen (secondary N) is 1. The topological polar surface area (TPSA) is 55.4 Å². The second-order valence-corrected chi connectivity index (χ2v) is 6.97. The summed E-state index contributed by atoms with van der Waals surface area (Å²) in [6, 6.07) is 0. The van der Waals surface area contributed by atoms with E-state index in [2.05, 4.69) is 4.72 Å². The maximum atomic E-state index is 11.7. The first kappa shape index (κ1) is 11.9. The Hall–Kier alpha value is -0.130. The molecule has 0 aromatic heterocycles. The highest BCUT2D eigenvalue weighted by Gasteiger charge is 2.51. The molecular weight excluding hydrogens is 202 g/mol. The van der Waals surface area contributed by atoms with E-state index in [1.54, 1.807) is 0 Å². The van der Waals surface area contributed by atoms with Crippen LogP contribution >= 0.6 is 0 Å². The Morgan fingerprint density at radius 3 is 2.07 bits per heavy atom. The summed E-state index contributed by atoms with van der Waals surface area (Å²) in [6.45, 7) is 7.47. The zero-order chi connectivity index (χ0) is 11.2. The van der Waals surface area contributed by atoms with Crippen LogP contribution in [0.15, 0.2) is 0 Å². The van der Waals surface area contributed by atoms with Crippen LogP contribution in [0, 0.1) is 0 Å². The summed E-state index contributed by atoms with van der Waals surface area (Å²) >= 11 is 0. The van der Waals surface area contributed by atoms with Gasteiger partial charge in [-0.3, -0.25) is 0 Å². The summed E-state index contributed by atoms with van der Waals surface area (Å²) in [5, 5.41) is -0.477. The van der Waals surface area contributed by atoms with Gasteiger partial charge in [-0.1, -0.05) is 0 Å². The molecule has 1 atom stereocenters. The normalized spacial score (nSPS) is 30.5. The second-order valence-electron chi connectivity index (χ2n) is 4.91. The number of rotatable bonds is 2. The standard InChI is InChI=1S/C9H19NO3S/c1-8(2)6-7(9(3,4)13-8)14(11,12)10-5/h7,10H,6H2,1-5H3. The second kappa shape index (κ2) is 3.18. The van der Waals surface area contributed by atoms with Crippen molar-refractivity contribution in [3.05, 3.63) is 0 Å². The molecular formula is C9H19NO3S. The van der Waals surface area contributed by atoms with E-state index >= 15 is 0 Å². The lowest BCUT2D eigenvalue weighted by molar-refractivity contribution is -0.0635. The fourth-order valence-electron chi connectivity index (χ4n) is 2.14. The van der Waals surface area contributed by atoms with E-state index in [0.717, 1.165) is 0 Å². The third-order valence-electron chi connectivity index (χ3n) is 2.65. The average molecular weight is 221 g/mol. The molecule has 1 rings (SSSR count). The van der Waals surface area contributed by atoms with Crippen molar-refractivity contribution >= 4 is 10.0 Å². The maximum absolute atomic E-state index is 11.7. The Bertz CT molecular complexity index is 319. The lowest BCUT2D eigenvalue weighted by Gasteiger charge is -2.26. The zero-order valence-corrected chi connectivity index (χ0v) is 10.2. The summed E-state index contributed by atoms with van der Waals surface area (Å²) < 4.78 is 31.5. The summed E-state index contributed by atoms with van der Waals surface area (Å²) in [6.07, 6.45) is 0.531. The van der Waals surface area contributed by atoms with Crippen molar-refractivity contribution in [1.29, 1.82) is 0 Å². The van der Waals surface area contributed by atoms with Crippen molar-refractivity contribution in [1.82, 2.24) is 4.72 Å². The first-order chi connectivity index (χ1) is 6.11. The molecule has 1 heterocycles. The number of sulfonamides is 1. The van der Waals surface area contributed by atoms with Crippen LogP contribution in [0.25, 0.3) is 0 Å². The van der Waals surface area contributed by atoms with E-state index in [1.165, 1.54) is 7.05 Å². The van der Waals surface area contributed by atoms with Crippen molar-refractivity contribution in [3.63, 3.8) is 0 Å². The van der Waals surface area contributed by atoms with E-state index in [1.807, 2.05) is 27.7 Å². The highest BCUT2D eigenvalue weighted by Crippen LogP contribution is 2.40. The Morgan fingerprint density at radius 2 is 1.79 bits per heavy atom. The smallest absolute Gasteiger partial charge is 0.217 e. The van der Waals surface area contributed by atoms with E-state index in [-0.39, 0.29) is 5.60 Å². The van der Waals surface area contributed by atoms with E-state index in [0.29, 0.717) is 6.42 Å². The van der Waals surface area contributed by atoms with Gasteiger partial charge >= 0.3 is 0 Å². The van der Waals surface area contributed by atoms with Gasteiger partial charge in [-0.15, -0.1) is 0 Å². The van der Waals surface area contributed by atoms with Crippen LogP contribution in [0.5, 0.6) is 0 Å². The minimum atomic E-state index is -3.25. The van der Waals surface area contributed by atoms with E-state index < -0.39 is 20.9 Å². The van der Waals surface area contributed by atoms with Crippen molar-refractivity contribution < 1.29 is 13.2 Å². The summed E-state index contributed by atoms with van der Waals surface area (Å²) in [5.41, 5.74) is -0.983. The summed E-state index contributed by atoms with van der Waals surface area (Å²) in [5.74, 6) is 0. The molecule has 1 fully saturated rings.